The van der Waals surface area contributed by atoms with E-state index in [1.807, 2.05) is 13.8 Å². The highest BCUT2D eigenvalue weighted by molar-refractivity contribution is 5.87. The van der Waals surface area contributed by atoms with Gasteiger partial charge in [0.2, 0.25) is 0 Å². The number of hydrogen-bond acceptors (Lipinski definition) is 3. The Morgan fingerprint density at radius 3 is 0.780 bits per heavy atom. The van der Waals surface area contributed by atoms with E-state index < -0.39 is 0 Å². The standard InChI is InChI=1S/C38H74O3/c1-5-7-9-11-13-15-17-19-21-23-25-27-29-31-33-35(3)37(39)41-38(40)36(4)34-32-30-28-26-24-22-20-18-16-14-12-10-8-6-2/h35-36H,5-34H2,1-4H3. The lowest BCUT2D eigenvalue weighted by molar-refractivity contribution is -0.165. The summed E-state index contributed by atoms with van der Waals surface area (Å²) in [5.74, 6) is -0.996. The number of carbonyl (C=O) groups excluding carboxylic acids is 2. The lowest BCUT2D eigenvalue weighted by Gasteiger charge is -2.13. The second kappa shape index (κ2) is 32.1. The van der Waals surface area contributed by atoms with Crippen molar-refractivity contribution in [2.45, 2.75) is 220 Å². The zero-order chi connectivity index (χ0) is 30.2. The summed E-state index contributed by atoms with van der Waals surface area (Å²) in [5.41, 5.74) is 0. The summed E-state index contributed by atoms with van der Waals surface area (Å²) in [7, 11) is 0. The fourth-order valence-corrected chi connectivity index (χ4v) is 5.83. The van der Waals surface area contributed by atoms with Gasteiger partial charge in [-0.2, -0.15) is 0 Å². The normalized spacial score (nSPS) is 12.9. The van der Waals surface area contributed by atoms with Crippen molar-refractivity contribution in [1.82, 2.24) is 0 Å². The molecule has 2 atom stereocenters. The number of hydrogen-bond donors (Lipinski definition) is 0. The molecule has 3 heteroatoms. The molecule has 0 radical (unpaired) electrons. The number of rotatable bonds is 32. The van der Waals surface area contributed by atoms with Crippen molar-refractivity contribution < 1.29 is 14.3 Å². The van der Waals surface area contributed by atoms with Crippen molar-refractivity contribution in [2.24, 2.45) is 11.8 Å². The molecule has 0 aromatic rings. The molecule has 0 rings (SSSR count). The molecular weight excluding hydrogens is 504 g/mol. The second-order valence-electron chi connectivity index (χ2n) is 13.3. The van der Waals surface area contributed by atoms with Crippen molar-refractivity contribution >= 4 is 11.9 Å². The van der Waals surface area contributed by atoms with Crippen molar-refractivity contribution in [3.05, 3.63) is 0 Å². The molecule has 0 heterocycles. The Balaban J connectivity index is 3.54. The first-order chi connectivity index (χ1) is 20.0. The summed E-state index contributed by atoms with van der Waals surface area (Å²) in [5, 5.41) is 0. The van der Waals surface area contributed by atoms with Gasteiger partial charge in [-0.25, -0.2) is 0 Å². The van der Waals surface area contributed by atoms with E-state index in [2.05, 4.69) is 13.8 Å². The van der Waals surface area contributed by atoms with Gasteiger partial charge in [0.25, 0.3) is 0 Å². The van der Waals surface area contributed by atoms with E-state index in [0.717, 1.165) is 25.7 Å². The van der Waals surface area contributed by atoms with Crippen LogP contribution in [-0.4, -0.2) is 11.9 Å². The van der Waals surface area contributed by atoms with Crippen LogP contribution in [0.4, 0.5) is 0 Å². The first-order valence-corrected chi connectivity index (χ1v) is 18.8. The van der Waals surface area contributed by atoms with Gasteiger partial charge >= 0.3 is 11.9 Å². The Kier molecular flexibility index (Phi) is 31.4. The molecule has 2 unspecified atom stereocenters. The third-order valence-electron chi connectivity index (χ3n) is 8.99. The average molecular weight is 579 g/mol. The Labute approximate surface area is 258 Å². The smallest absolute Gasteiger partial charge is 0.316 e. The van der Waals surface area contributed by atoms with Crippen LogP contribution in [0, 0.1) is 11.8 Å². The van der Waals surface area contributed by atoms with Gasteiger partial charge in [0.05, 0.1) is 11.8 Å². The second-order valence-corrected chi connectivity index (χ2v) is 13.3. The molecule has 244 valence electrons. The maximum absolute atomic E-state index is 12.4. The molecule has 0 saturated carbocycles. The average Bonchev–Trinajstić information content (AvgIpc) is 2.97. The van der Waals surface area contributed by atoms with Crippen LogP contribution in [0.2, 0.25) is 0 Å². The Morgan fingerprint density at radius 2 is 0.561 bits per heavy atom. The topological polar surface area (TPSA) is 43.4 Å². The summed E-state index contributed by atoms with van der Waals surface area (Å²) in [6.07, 6.45) is 39.1. The quantitative estimate of drug-likeness (QED) is 0.0453. The first-order valence-electron chi connectivity index (χ1n) is 18.8. The van der Waals surface area contributed by atoms with Crippen LogP contribution in [0.15, 0.2) is 0 Å². The van der Waals surface area contributed by atoms with Crippen LogP contribution in [-0.2, 0) is 14.3 Å². The van der Waals surface area contributed by atoms with Crippen LogP contribution in [0.1, 0.15) is 220 Å². The Bertz CT molecular complexity index is 510. The van der Waals surface area contributed by atoms with Gasteiger partial charge < -0.3 is 4.74 Å². The number of esters is 2. The van der Waals surface area contributed by atoms with E-state index in [0.29, 0.717) is 0 Å². The van der Waals surface area contributed by atoms with Crippen LogP contribution >= 0.6 is 0 Å². The van der Waals surface area contributed by atoms with Gasteiger partial charge in [-0.1, -0.05) is 207 Å². The Morgan fingerprint density at radius 1 is 0.366 bits per heavy atom. The van der Waals surface area contributed by atoms with Crippen molar-refractivity contribution in [3.63, 3.8) is 0 Å². The van der Waals surface area contributed by atoms with E-state index in [4.69, 9.17) is 4.74 Å². The lowest BCUT2D eigenvalue weighted by Crippen LogP contribution is -2.23. The molecule has 41 heavy (non-hydrogen) atoms. The largest absolute Gasteiger partial charge is 0.393 e. The van der Waals surface area contributed by atoms with Crippen molar-refractivity contribution in [2.75, 3.05) is 0 Å². The monoisotopic (exact) mass is 579 g/mol. The van der Waals surface area contributed by atoms with Gasteiger partial charge in [-0.05, 0) is 12.8 Å². The van der Waals surface area contributed by atoms with Crippen molar-refractivity contribution in [1.29, 1.82) is 0 Å². The molecule has 0 bridgehead atoms. The fourth-order valence-electron chi connectivity index (χ4n) is 5.83. The molecule has 0 saturated heterocycles. The molecule has 0 fully saturated rings. The van der Waals surface area contributed by atoms with Gasteiger partial charge in [-0.3, -0.25) is 9.59 Å². The number of ether oxygens (including phenoxy) is 1. The minimum Gasteiger partial charge on any atom is -0.393 e. The summed E-state index contributed by atoms with van der Waals surface area (Å²) in [6.45, 7) is 8.38. The molecule has 0 N–H and O–H groups in total. The van der Waals surface area contributed by atoms with E-state index in [1.165, 1.54) is 167 Å². The van der Waals surface area contributed by atoms with Crippen LogP contribution in [0.3, 0.4) is 0 Å². The molecule has 3 nitrogen and oxygen atoms in total. The highest BCUT2D eigenvalue weighted by Gasteiger charge is 2.21. The van der Waals surface area contributed by atoms with Crippen LogP contribution in [0.5, 0.6) is 0 Å². The minimum atomic E-state index is -0.322. The molecule has 0 aliphatic rings. The SMILES string of the molecule is CCCCCCCCCCCCCCCCC(C)C(=O)OC(=O)C(C)CCCCCCCCCCCCCCCC. The first kappa shape index (κ1) is 40.1. The van der Waals surface area contributed by atoms with Crippen LogP contribution < -0.4 is 0 Å². The molecule has 0 spiro atoms. The minimum absolute atomic E-state index is 0.176. The fraction of sp³-hybridized carbons (Fsp3) is 0.947. The van der Waals surface area contributed by atoms with E-state index in [1.54, 1.807) is 0 Å². The van der Waals surface area contributed by atoms with E-state index in [9.17, 15) is 9.59 Å². The molecule has 0 aromatic carbocycles. The zero-order valence-corrected chi connectivity index (χ0v) is 28.6. The third kappa shape index (κ3) is 29.0. The summed E-state index contributed by atoms with van der Waals surface area (Å²) in [4.78, 5) is 24.8. The molecule has 0 aromatic heterocycles. The number of unbranched alkanes of at least 4 members (excludes halogenated alkanes) is 26. The van der Waals surface area contributed by atoms with Gasteiger partial charge in [0.15, 0.2) is 0 Å². The predicted octanol–water partition coefficient (Wildman–Crippen LogP) is 13.1. The number of carbonyl (C=O) groups is 2. The molecule has 0 amide bonds. The molecular formula is C38H74O3. The van der Waals surface area contributed by atoms with Crippen molar-refractivity contribution in [3.8, 4) is 0 Å². The lowest BCUT2D eigenvalue weighted by atomic mass is 10.00. The Hall–Kier alpha value is -0.860. The zero-order valence-electron chi connectivity index (χ0n) is 28.6. The van der Waals surface area contributed by atoms with E-state index >= 15 is 0 Å². The maximum atomic E-state index is 12.4. The highest BCUT2D eigenvalue weighted by Crippen LogP contribution is 2.18. The summed E-state index contributed by atoms with van der Waals surface area (Å²) >= 11 is 0. The van der Waals surface area contributed by atoms with Crippen LogP contribution in [0.25, 0.3) is 0 Å². The van der Waals surface area contributed by atoms with Gasteiger partial charge in [0, 0.05) is 0 Å². The van der Waals surface area contributed by atoms with Gasteiger partial charge in [0.1, 0.15) is 0 Å². The van der Waals surface area contributed by atoms with Gasteiger partial charge in [-0.15, -0.1) is 0 Å². The summed E-state index contributed by atoms with van der Waals surface area (Å²) in [6, 6.07) is 0. The van der Waals surface area contributed by atoms with E-state index in [-0.39, 0.29) is 23.8 Å². The molecule has 0 aliphatic carbocycles. The predicted molar refractivity (Wildman–Crippen MR) is 179 cm³/mol. The highest BCUT2D eigenvalue weighted by atomic mass is 16.6. The third-order valence-corrected chi connectivity index (χ3v) is 8.99. The summed E-state index contributed by atoms with van der Waals surface area (Å²) < 4.78 is 5.24. The molecule has 0 aliphatic heterocycles. The maximum Gasteiger partial charge on any atom is 0.316 e.